The van der Waals surface area contributed by atoms with Crippen molar-refractivity contribution in [2.45, 2.75) is 0 Å². The first-order valence-corrected chi connectivity index (χ1v) is 8.55. The number of hydrogen-bond acceptors (Lipinski definition) is 9. The minimum absolute atomic E-state index is 0.0330. The number of rotatable bonds is 3. The predicted molar refractivity (Wildman–Crippen MR) is 114 cm³/mol. The Morgan fingerprint density at radius 1 is 0.400 bits per heavy atom. The average Bonchev–Trinajstić information content (AvgIpc) is 2.69. The standard InChI is InChI=1S/3C6H7BO3/c3*8-6-3-1-2-5(4-6)7(9)10/h3*1-4,8-10H. The van der Waals surface area contributed by atoms with Crippen LogP contribution in [0.1, 0.15) is 0 Å². The van der Waals surface area contributed by atoms with E-state index < -0.39 is 21.4 Å². The van der Waals surface area contributed by atoms with Crippen LogP contribution >= 0.6 is 0 Å². The van der Waals surface area contributed by atoms with Crippen LogP contribution in [0.15, 0.2) is 72.8 Å². The fourth-order valence-corrected chi connectivity index (χ4v) is 2.06. The van der Waals surface area contributed by atoms with Gasteiger partial charge in [0.2, 0.25) is 0 Å². The van der Waals surface area contributed by atoms with Gasteiger partial charge in [-0.1, -0.05) is 36.4 Å². The summed E-state index contributed by atoms with van der Waals surface area (Å²) in [6.45, 7) is 0. The number of phenols is 3. The molecule has 0 radical (unpaired) electrons. The van der Waals surface area contributed by atoms with E-state index in [2.05, 4.69) is 0 Å². The normalized spacial score (nSPS) is 9.40. The van der Waals surface area contributed by atoms with Gasteiger partial charge >= 0.3 is 21.4 Å². The molecule has 0 fully saturated rings. The van der Waals surface area contributed by atoms with E-state index in [-0.39, 0.29) is 17.2 Å². The van der Waals surface area contributed by atoms with Crippen LogP contribution in [0.2, 0.25) is 0 Å². The lowest BCUT2D eigenvalue weighted by Gasteiger charge is -1.97. The van der Waals surface area contributed by atoms with E-state index in [0.29, 0.717) is 16.4 Å². The lowest BCUT2D eigenvalue weighted by atomic mass is 9.80. The van der Waals surface area contributed by atoms with Crippen molar-refractivity contribution in [3.8, 4) is 17.2 Å². The van der Waals surface area contributed by atoms with Crippen LogP contribution < -0.4 is 16.4 Å². The molecule has 0 heterocycles. The summed E-state index contributed by atoms with van der Waals surface area (Å²) in [6.07, 6.45) is 0. The molecule has 3 aromatic carbocycles. The van der Waals surface area contributed by atoms with Gasteiger partial charge in [0.05, 0.1) is 0 Å². The zero-order valence-corrected chi connectivity index (χ0v) is 15.7. The van der Waals surface area contributed by atoms with Gasteiger partial charge in [0.1, 0.15) is 17.2 Å². The highest BCUT2D eigenvalue weighted by atomic mass is 16.4. The molecule has 12 heteroatoms. The number of aromatic hydroxyl groups is 3. The van der Waals surface area contributed by atoms with Gasteiger partial charge in [0, 0.05) is 0 Å². The molecule has 3 rings (SSSR count). The summed E-state index contributed by atoms with van der Waals surface area (Å²) in [4.78, 5) is 0. The van der Waals surface area contributed by atoms with Gasteiger partial charge in [-0.3, -0.25) is 0 Å². The van der Waals surface area contributed by atoms with Crippen LogP contribution in [0, 0.1) is 0 Å². The average molecular weight is 414 g/mol. The third kappa shape index (κ3) is 9.48. The van der Waals surface area contributed by atoms with Crippen LogP contribution in [-0.4, -0.2) is 66.8 Å². The SMILES string of the molecule is OB(O)c1cccc(O)c1.OB(O)c1cccc(O)c1.OB(O)c1cccc(O)c1. The molecule has 0 aliphatic carbocycles. The van der Waals surface area contributed by atoms with Crippen molar-refractivity contribution in [1.82, 2.24) is 0 Å². The smallest absolute Gasteiger partial charge is 0.488 e. The molecule has 0 aromatic heterocycles. The molecule has 0 spiro atoms. The Morgan fingerprint density at radius 3 is 0.767 bits per heavy atom. The molecule has 0 aliphatic heterocycles. The summed E-state index contributed by atoms with van der Waals surface area (Å²) in [5.74, 6) is 0.0989. The first kappa shape index (κ1) is 25.1. The number of benzene rings is 3. The van der Waals surface area contributed by atoms with Gasteiger partial charge in [-0.05, 0) is 52.8 Å². The molecule has 0 unspecified atom stereocenters. The second-order valence-corrected chi connectivity index (χ2v) is 5.91. The summed E-state index contributed by atoms with van der Waals surface area (Å²) in [5.41, 5.74) is 0.875. The highest BCUT2D eigenvalue weighted by Gasteiger charge is 2.11. The second kappa shape index (κ2) is 12.6. The van der Waals surface area contributed by atoms with Gasteiger partial charge in [-0.15, -0.1) is 0 Å². The Labute approximate surface area is 173 Å². The van der Waals surface area contributed by atoms with E-state index in [9.17, 15) is 0 Å². The zero-order chi connectivity index (χ0) is 22.7. The zero-order valence-electron chi connectivity index (χ0n) is 15.7. The third-order valence-electron chi connectivity index (χ3n) is 3.51. The van der Waals surface area contributed by atoms with Crippen molar-refractivity contribution in [2.24, 2.45) is 0 Å². The minimum Gasteiger partial charge on any atom is -0.508 e. The number of phenolic OH excluding ortho intramolecular Hbond substituents is 3. The Balaban J connectivity index is 0.000000225. The summed E-state index contributed by atoms with van der Waals surface area (Å²) < 4.78 is 0. The van der Waals surface area contributed by atoms with E-state index in [4.69, 9.17) is 45.5 Å². The Morgan fingerprint density at radius 2 is 0.633 bits per heavy atom. The molecule has 3 aromatic rings. The van der Waals surface area contributed by atoms with Gasteiger partial charge in [-0.2, -0.15) is 0 Å². The minimum atomic E-state index is -1.51. The lowest BCUT2D eigenvalue weighted by Crippen LogP contribution is -2.29. The van der Waals surface area contributed by atoms with E-state index in [1.807, 2.05) is 0 Å². The molecular weight excluding hydrogens is 393 g/mol. The molecule has 0 saturated carbocycles. The third-order valence-corrected chi connectivity index (χ3v) is 3.51. The summed E-state index contributed by atoms with van der Waals surface area (Å²) in [5, 5.41) is 78.1. The molecular formula is C18H21B3O9. The van der Waals surface area contributed by atoms with Crippen molar-refractivity contribution < 1.29 is 45.5 Å². The van der Waals surface area contributed by atoms with Crippen molar-refractivity contribution in [2.75, 3.05) is 0 Å². The van der Waals surface area contributed by atoms with Crippen molar-refractivity contribution in [3.63, 3.8) is 0 Å². The fraction of sp³-hybridized carbons (Fsp3) is 0. The molecule has 9 N–H and O–H groups in total. The molecule has 30 heavy (non-hydrogen) atoms. The molecule has 9 nitrogen and oxygen atoms in total. The lowest BCUT2D eigenvalue weighted by molar-refractivity contribution is 0.423. The van der Waals surface area contributed by atoms with Gasteiger partial charge in [-0.25, -0.2) is 0 Å². The largest absolute Gasteiger partial charge is 0.508 e. The predicted octanol–water partition coefficient (Wildman–Crippen LogP) is -2.78. The second-order valence-electron chi connectivity index (χ2n) is 5.91. The molecule has 0 amide bonds. The van der Waals surface area contributed by atoms with Crippen LogP contribution in [0.3, 0.4) is 0 Å². The quantitative estimate of drug-likeness (QED) is 0.205. The topological polar surface area (TPSA) is 182 Å². The van der Waals surface area contributed by atoms with Crippen LogP contribution in [-0.2, 0) is 0 Å². The highest BCUT2D eigenvalue weighted by molar-refractivity contribution is 6.59. The maximum atomic E-state index is 8.84. The summed E-state index contributed by atoms with van der Waals surface area (Å²) in [6, 6.07) is 17.5. The maximum absolute atomic E-state index is 8.84. The molecule has 0 aliphatic rings. The maximum Gasteiger partial charge on any atom is 0.488 e. The van der Waals surface area contributed by atoms with Gasteiger partial charge in [0.15, 0.2) is 0 Å². The Kier molecular flexibility index (Phi) is 10.5. The van der Waals surface area contributed by atoms with Crippen molar-refractivity contribution in [1.29, 1.82) is 0 Å². The van der Waals surface area contributed by atoms with E-state index in [1.54, 1.807) is 18.2 Å². The Bertz CT molecular complexity index is 790. The van der Waals surface area contributed by atoms with E-state index in [0.717, 1.165) is 0 Å². The fourth-order valence-electron chi connectivity index (χ4n) is 2.06. The van der Waals surface area contributed by atoms with Gasteiger partial charge in [0.25, 0.3) is 0 Å². The van der Waals surface area contributed by atoms with Crippen molar-refractivity contribution >= 4 is 37.7 Å². The summed E-state index contributed by atoms with van der Waals surface area (Å²) >= 11 is 0. The monoisotopic (exact) mass is 414 g/mol. The summed E-state index contributed by atoms with van der Waals surface area (Å²) in [7, 11) is -4.52. The van der Waals surface area contributed by atoms with Crippen LogP contribution in [0.25, 0.3) is 0 Å². The molecule has 0 saturated heterocycles. The van der Waals surface area contributed by atoms with Gasteiger partial charge < -0.3 is 45.5 Å². The van der Waals surface area contributed by atoms with E-state index >= 15 is 0 Å². The first-order chi connectivity index (χ1) is 14.1. The van der Waals surface area contributed by atoms with E-state index in [1.165, 1.54) is 54.6 Å². The molecule has 156 valence electrons. The van der Waals surface area contributed by atoms with Crippen molar-refractivity contribution in [3.05, 3.63) is 72.8 Å². The molecule has 0 bridgehead atoms. The Hall–Kier alpha value is -2.99. The highest BCUT2D eigenvalue weighted by Crippen LogP contribution is 2.04. The molecule has 0 atom stereocenters. The van der Waals surface area contributed by atoms with Crippen LogP contribution in [0.4, 0.5) is 0 Å². The number of hydrogen-bond donors (Lipinski definition) is 9. The first-order valence-electron chi connectivity index (χ1n) is 8.55. The van der Waals surface area contributed by atoms with Crippen LogP contribution in [0.5, 0.6) is 17.2 Å².